The van der Waals surface area contributed by atoms with Gasteiger partial charge in [-0.15, -0.1) is 0 Å². The van der Waals surface area contributed by atoms with E-state index in [1.807, 2.05) is 0 Å². The summed E-state index contributed by atoms with van der Waals surface area (Å²) in [7, 11) is 0. The molecule has 0 heterocycles. The summed E-state index contributed by atoms with van der Waals surface area (Å²) >= 11 is 4.83. The molecule has 0 spiro atoms. The van der Waals surface area contributed by atoms with Gasteiger partial charge >= 0.3 is 6.03 Å². The molecule has 2 amide bonds. The molecule has 0 aromatic rings. The van der Waals surface area contributed by atoms with Crippen LogP contribution in [-0.2, 0) is 0 Å². The van der Waals surface area contributed by atoms with Crippen LogP contribution in [0.5, 0.6) is 0 Å². The number of urea groups is 1. The van der Waals surface area contributed by atoms with E-state index in [1.54, 1.807) is 0 Å². The van der Waals surface area contributed by atoms with Crippen LogP contribution in [0.3, 0.4) is 0 Å². The van der Waals surface area contributed by atoms with Crippen molar-refractivity contribution in [3.05, 3.63) is 0 Å². The molecule has 0 radical (unpaired) electrons. The summed E-state index contributed by atoms with van der Waals surface area (Å²) in [4.78, 5) is 10.2. The summed E-state index contributed by atoms with van der Waals surface area (Å²) < 4.78 is 0. The number of nitrogens with two attached hydrogens (primary N) is 1. The Kier molecular flexibility index (Phi) is 6.99. The third kappa shape index (κ3) is 8.87. The van der Waals surface area contributed by atoms with Gasteiger partial charge in [-0.3, -0.25) is 5.43 Å². The topological polar surface area (TPSA) is 79.2 Å². The SMILES string of the molecule is CCCCCNC(=S)NNC(N)=O. The molecular weight excluding hydrogens is 188 g/mol. The molecule has 5 nitrogen and oxygen atoms in total. The first-order valence-electron chi connectivity index (χ1n) is 4.26. The molecule has 0 aliphatic carbocycles. The van der Waals surface area contributed by atoms with Crippen molar-refractivity contribution < 1.29 is 4.79 Å². The Morgan fingerprint density at radius 1 is 1.38 bits per heavy atom. The van der Waals surface area contributed by atoms with Crippen LogP contribution in [0, 0.1) is 0 Å². The predicted molar refractivity (Wildman–Crippen MR) is 56.0 cm³/mol. The van der Waals surface area contributed by atoms with Crippen molar-refractivity contribution in [2.24, 2.45) is 5.73 Å². The van der Waals surface area contributed by atoms with E-state index in [9.17, 15) is 4.79 Å². The van der Waals surface area contributed by atoms with E-state index < -0.39 is 6.03 Å². The number of unbranched alkanes of at least 4 members (excludes halogenated alkanes) is 2. The number of thiocarbonyl (C=S) groups is 1. The zero-order valence-electron chi connectivity index (χ0n) is 7.72. The fourth-order valence-corrected chi connectivity index (χ4v) is 0.893. The molecule has 0 saturated carbocycles. The number of primary amides is 1. The molecular formula is C7H16N4OS. The highest BCUT2D eigenvalue weighted by Crippen LogP contribution is 1.90. The third-order valence-corrected chi connectivity index (χ3v) is 1.61. The van der Waals surface area contributed by atoms with Crippen molar-refractivity contribution in [3.8, 4) is 0 Å². The first-order chi connectivity index (χ1) is 6.16. The van der Waals surface area contributed by atoms with Crippen molar-refractivity contribution >= 4 is 23.4 Å². The van der Waals surface area contributed by atoms with E-state index in [4.69, 9.17) is 18.0 Å². The standard InChI is InChI=1S/C7H16N4OS/c1-2-3-4-5-9-7(13)11-10-6(8)12/h2-5H2,1H3,(H3,8,10,12)(H2,9,11,13). The van der Waals surface area contributed by atoms with Gasteiger partial charge in [0.25, 0.3) is 0 Å². The molecule has 0 bridgehead atoms. The van der Waals surface area contributed by atoms with E-state index in [0.29, 0.717) is 5.11 Å². The lowest BCUT2D eigenvalue weighted by atomic mass is 10.2. The molecule has 0 aromatic carbocycles. The van der Waals surface area contributed by atoms with E-state index in [1.165, 1.54) is 12.8 Å². The highest BCUT2D eigenvalue weighted by atomic mass is 32.1. The number of hydrazine groups is 1. The number of amides is 2. The zero-order chi connectivity index (χ0) is 10.1. The largest absolute Gasteiger partial charge is 0.361 e. The highest BCUT2D eigenvalue weighted by Gasteiger charge is 1.94. The predicted octanol–water partition coefficient (Wildman–Crippen LogP) is 0.224. The molecule has 76 valence electrons. The lowest BCUT2D eigenvalue weighted by Crippen LogP contribution is -2.48. The summed E-state index contributed by atoms with van der Waals surface area (Å²) in [5.41, 5.74) is 9.44. The van der Waals surface area contributed by atoms with Crippen molar-refractivity contribution in [2.75, 3.05) is 6.54 Å². The van der Waals surface area contributed by atoms with Gasteiger partial charge < -0.3 is 11.1 Å². The smallest absolute Gasteiger partial charge is 0.330 e. The number of hydrogen-bond donors (Lipinski definition) is 4. The van der Waals surface area contributed by atoms with Gasteiger partial charge in [0.1, 0.15) is 0 Å². The summed E-state index contributed by atoms with van der Waals surface area (Å²) in [6, 6.07) is -0.655. The van der Waals surface area contributed by atoms with Crippen molar-refractivity contribution in [3.63, 3.8) is 0 Å². The van der Waals surface area contributed by atoms with Crippen LogP contribution in [0.2, 0.25) is 0 Å². The molecule has 0 aromatic heterocycles. The fraction of sp³-hybridized carbons (Fsp3) is 0.714. The van der Waals surface area contributed by atoms with E-state index in [0.717, 1.165) is 13.0 Å². The van der Waals surface area contributed by atoms with Crippen molar-refractivity contribution in [1.29, 1.82) is 0 Å². The number of hydrogen-bond acceptors (Lipinski definition) is 2. The van der Waals surface area contributed by atoms with Gasteiger partial charge in [0.05, 0.1) is 0 Å². The third-order valence-electron chi connectivity index (χ3n) is 1.37. The van der Waals surface area contributed by atoms with Crippen LogP contribution in [0.4, 0.5) is 4.79 Å². The maximum atomic E-state index is 10.2. The molecule has 0 aliphatic rings. The molecule has 0 unspecified atom stereocenters. The molecule has 13 heavy (non-hydrogen) atoms. The Balaban J connectivity index is 3.25. The van der Waals surface area contributed by atoms with E-state index >= 15 is 0 Å². The van der Waals surface area contributed by atoms with Crippen LogP contribution in [0.15, 0.2) is 0 Å². The lowest BCUT2D eigenvalue weighted by molar-refractivity contribution is 0.247. The van der Waals surface area contributed by atoms with Crippen LogP contribution in [0.1, 0.15) is 26.2 Å². The first-order valence-corrected chi connectivity index (χ1v) is 4.67. The minimum atomic E-state index is -0.655. The molecule has 0 saturated heterocycles. The number of rotatable bonds is 4. The Bertz CT molecular complexity index is 174. The number of carbonyl (C=O) groups is 1. The van der Waals surface area contributed by atoms with E-state index in [2.05, 4.69) is 23.1 Å². The minimum Gasteiger partial charge on any atom is -0.361 e. The number of nitrogens with one attached hydrogen (secondary N) is 3. The Labute approximate surface area is 83.4 Å². The summed E-state index contributed by atoms with van der Waals surface area (Å²) in [5, 5.41) is 3.31. The van der Waals surface area contributed by atoms with Gasteiger partial charge in [-0.2, -0.15) is 0 Å². The van der Waals surface area contributed by atoms with Crippen LogP contribution in [0.25, 0.3) is 0 Å². The van der Waals surface area contributed by atoms with Gasteiger partial charge in [-0.1, -0.05) is 19.8 Å². The summed E-state index contributed by atoms with van der Waals surface area (Å²) in [6.07, 6.45) is 3.40. The average molecular weight is 204 g/mol. The minimum absolute atomic E-state index is 0.384. The lowest BCUT2D eigenvalue weighted by Gasteiger charge is -2.09. The zero-order valence-corrected chi connectivity index (χ0v) is 8.54. The quantitative estimate of drug-likeness (QED) is 0.300. The summed E-state index contributed by atoms with van der Waals surface area (Å²) in [5.74, 6) is 0. The second-order valence-electron chi connectivity index (χ2n) is 2.58. The van der Waals surface area contributed by atoms with Crippen LogP contribution >= 0.6 is 12.2 Å². The van der Waals surface area contributed by atoms with Crippen LogP contribution < -0.4 is 21.9 Å². The Morgan fingerprint density at radius 2 is 2.08 bits per heavy atom. The maximum absolute atomic E-state index is 10.2. The molecule has 0 atom stereocenters. The normalized spacial score (nSPS) is 9.00. The van der Waals surface area contributed by atoms with Crippen molar-refractivity contribution in [1.82, 2.24) is 16.2 Å². The van der Waals surface area contributed by atoms with Crippen molar-refractivity contribution in [2.45, 2.75) is 26.2 Å². The maximum Gasteiger partial charge on any atom is 0.330 e. The second kappa shape index (κ2) is 7.60. The Morgan fingerprint density at radius 3 is 2.62 bits per heavy atom. The molecule has 6 heteroatoms. The van der Waals surface area contributed by atoms with Crippen LogP contribution in [-0.4, -0.2) is 17.7 Å². The van der Waals surface area contributed by atoms with Gasteiger partial charge in [-0.05, 0) is 18.6 Å². The van der Waals surface area contributed by atoms with E-state index in [-0.39, 0.29) is 0 Å². The summed E-state index contributed by atoms with van der Waals surface area (Å²) in [6.45, 7) is 2.94. The molecule has 5 N–H and O–H groups in total. The molecule has 0 aliphatic heterocycles. The first kappa shape index (κ1) is 12.0. The molecule has 0 fully saturated rings. The number of carbonyl (C=O) groups excluding carboxylic acids is 1. The molecule has 0 rings (SSSR count). The average Bonchev–Trinajstić information content (AvgIpc) is 2.09. The second-order valence-corrected chi connectivity index (χ2v) is 2.99. The highest BCUT2D eigenvalue weighted by molar-refractivity contribution is 7.80. The van der Waals surface area contributed by atoms with Gasteiger partial charge in [-0.25, -0.2) is 10.2 Å². The monoisotopic (exact) mass is 204 g/mol. The fourth-order valence-electron chi connectivity index (χ4n) is 0.739. The Hall–Kier alpha value is -1.04. The van der Waals surface area contributed by atoms with Gasteiger partial charge in [0.15, 0.2) is 5.11 Å². The van der Waals surface area contributed by atoms with Gasteiger partial charge in [0, 0.05) is 6.54 Å². The van der Waals surface area contributed by atoms with Gasteiger partial charge in [0.2, 0.25) is 0 Å².